The summed E-state index contributed by atoms with van der Waals surface area (Å²) in [6, 6.07) is 10.5. The average molecular weight is 240 g/mol. The van der Waals surface area contributed by atoms with Crippen LogP contribution in [0.5, 0.6) is 0 Å². The van der Waals surface area contributed by atoms with Crippen LogP contribution in [-0.4, -0.2) is 4.98 Å². The van der Waals surface area contributed by atoms with E-state index in [1.807, 2.05) is 18.5 Å². The van der Waals surface area contributed by atoms with E-state index in [2.05, 4.69) is 34.6 Å². The van der Waals surface area contributed by atoms with E-state index < -0.39 is 0 Å². The minimum atomic E-state index is 0.600. The minimum absolute atomic E-state index is 0.600. The zero-order valence-corrected chi connectivity index (χ0v) is 10.1. The molecule has 0 aliphatic carbocycles. The summed E-state index contributed by atoms with van der Waals surface area (Å²) in [4.78, 5) is 5.50. The van der Waals surface area contributed by atoms with Gasteiger partial charge in [-0.05, 0) is 22.4 Å². The average Bonchev–Trinajstić information content (AvgIpc) is 2.87. The predicted octanol–water partition coefficient (Wildman–Crippen LogP) is 3.42. The molecule has 2 aromatic heterocycles. The number of fused-ring (bicyclic) bond motifs is 1. The molecule has 0 fully saturated rings. The van der Waals surface area contributed by atoms with E-state index in [1.54, 1.807) is 11.3 Å². The molecule has 84 valence electrons. The first-order valence-corrected chi connectivity index (χ1v) is 6.37. The molecule has 3 heteroatoms. The van der Waals surface area contributed by atoms with E-state index in [1.165, 1.54) is 26.8 Å². The molecule has 0 saturated heterocycles. The lowest BCUT2D eigenvalue weighted by Gasteiger charge is -2.03. The molecular formula is C14H12N2S. The molecule has 0 spiro atoms. The van der Waals surface area contributed by atoms with Gasteiger partial charge in [0.2, 0.25) is 0 Å². The summed E-state index contributed by atoms with van der Waals surface area (Å²) in [5.41, 5.74) is 8.04. The van der Waals surface area contributed by atoms with Crippen molar-refractivity contribution >= 4 is 22.1 Å². The van der Waals surface area contributed by atoms with Crippen LogP contribution in [0, 0.1) is 0 Å². The summed E-state index contributed by atoms with van der Waals surface area (Å²) < 4.78 is 0. The van der Waals surface area contributed by atoms with Crippen LogP contribution in [0.2, 0.25) is 0 Å². The van der Waals surface area contributed by atoms with Crippen LogP contribution in [0.1, 0.15) is 4.88 Å². The van der Waals surface area contributed by atoms with Crippen molar-refractivity contribution in [3.8, 4) is 11.1 Å². The van der Waals surface area contributed by atoms with E-state index in [4.69, 9.17) is 5.73 Å². The molecule has 2 nitrogen and oxygen atoms in total. The maximum absolute atomic E-state index is 5.65. The summed E-state index contributed by atoms with van der Waals surface area (Å²) in [6.45, 7) is 0.600. The molecule has 0 bridgehead atoms. The fraction of sp³-hybridized carbons (Fsp3) is 0.0714. The lowest BCUT2D eigenvalue weighted by atomic mass is 10.0. The van der Waals surface area contributed by atoms with Gasteiger partial charge >= 0.3 is 0 Å². The molecule has 3 aromatic rings. The number of nitrogens with zero attached hydrogens (tertiary/aromatic N) is 1. The van der Waals surface area contributed by atoms with Crippen molar-refractivity contribution in [3.05, 3.63) is 53.0 Å². The Hall–Kier alpha value is -1.71. The number of hydrogen-bond acceptors (Lipinski definition) is 3. The molecule has 2 N–H and O–H groups in total. The highest BCUT2D eigenvalue weighted by molar-refractivity contribution is 7.10. The molecular weight excluding hydrogens is 228 g/mol. The maximum atomic E-state index is 5.65. The van der Waals surface area contributed by atoms with E-state index in [9.17, 15) is 0 Å². The number of hydrogen-bond donors (Lipinski definition) is 1. The molecule has 0 radical (unpaired) electrons. The molecule has 1 aromatic carbocycles. The summed E-state index contributed by atoms with van der Waals surface area (Å²) in [7, 11) is 0. The second kappa shape index (κ2) is 4.28. The molecule has 3 rings (SSSR count). The van der Waals surface area contributed by atoms with Crippen molar-refractivity contribution in [1.82, 2.24) is 4.98 Å². The quantitative estimate of drug-likeness (QED) is 0.745. The Kier molecular flexibility index (Phi) is 2.63. The van der Waals surface area contributed by atoms with Gasteiger partial charge in [0.25, 0.3) is 0 Å². The van der Waals surface area contributed by atoms with Crippen LogP contribution in [0.15, 0.2) is 48.1 Å². The third-order valence-electron chi connectivity index (χ3n) is 2.83. The van der Waals surface area contributed by atoms with Crippen LogP contribution >= 0.6 is 11.3 Å². The first-order valence-electron chi connectivity index (χ1n) is 5.49. The second-order valence-corrected chi connectivity index (χ2v) is 4.91. The van der Waals surface area contributed by atoms with Gasteiger partial charge in [-0.2, -0.15) is 0 Å². The van der Waals surface area contributed by atoms with Crippen LogP contribution in [0.25, 0.3) is 21.9 Å². The summed E-state index contributed by atoms with van der Waals surface area (Å²) >= 11 is 1.70. The van der Waals surface area contributed by atoms with Gasteiger partial charge in [-0.1, -0.05) is 24.3 Å². The second-order valence-electron chi connectivity index (χ2n) is 3.91. The van der Waals surface area contributed by atoms with E-state index in [-0.39, 0.29) is 0 Å². The molecule has 0 unspecified atom stereocenters. The monoisotopic (exact) mass is 240 g/mol. The smallest absolute Gasteiger partial charge is 0.0353 e. The van der Waals surface area contributed by atoms with E-state index >= 15 is 0 Å². The third kappa shape index (κ3) is 1.84. The van der Waals surface area contributed by atoms with Gasteiger partial charge in [0, 0.05) is 34.8 Å². The van der Waals surface area contributed by atoms with E-state index in [0.29, 0.717) is 6.54 Å². The SMILES string of the molecule is NCc1cc(-c2cncc3ccccc23)cs1. The normalized spacial score (nSPS) is 10.9. The lowest BCUT2D eigenvalue weighted by Crippen LogP contribution is -1.91. The number of pyridine rings is 1. The molecule has 17 heavy (non-hydrogen) atoms. The number of aromatic nitrogens is 1. The summed E-state index contributed by atoms with van der Waals surface area (Å²) in [5, 5.41) is 4.56. The summed E-state index contributed by atoms with van der Waals surface area (Å²) in [5.74, 6) is 0. The van der Waals surface area contributed by atoms with Crippen molar-refractivity contribution in [3.63, 3.8) is 0 Å². The Morgan fingerprint density at radius 3 is 2.88 bits per heavy atom. The van der Waals surface area contributed by atoms with Crippen molar-refractivity contribution in [2.45, 2.75) is 6.54 Å². The zero-order valence-electron chi connectivity index (χ0n) is 9.26. The van der Waals surface area contributed by atoms with Crippen molar-refractivity contribution in [2.75, 3.05) is 0 Å². The third-order valence-corrected chi connectivity index (χ3v) is 3.79. The standard InChI is InChI=1S/C14H12N2S/c15-6-12-5-11(9-17-12)14-8-16-7-10-3-1-2-4-13(10)14/h1-5,7-9H,6,15H2. The minimum Gasteiger partial charge on any atom is -0.326 e. The maximum Gasteiger partial charge on any atom is 0.0353 e. The van der Waals surface area contributed by atoms with Crippen LogP contribution in [-0.2, 0) is 6.54 Å². The molecule has 0 amide bonds. The molecule has 2 heterocycles. The highest BCUT2D eigenvalue weighted by Gasteiger charge is 2.06. The Morgan fingerprint density at radius 2 is 2.06 bits per heavy atom. The molecule has 0 aliphatic rings. The molecule has 0 aliphatic heterocycles. The highest BCUT2D eigenvalue weighted by atomic mass is 32.1. The first-order chi connectivity index (χ1) is 8.38. The molecule has 0 atom stereocenters. The number of benzene rings is 1. The van der Waals surface area contributed by atoms with Crippen LogP contribution in [0.3, 0.4) is 0 Å². The van der Waals surface area contributed by atoms with Crippen LogP contribution < -0.4 is 5.73 Å². The van der Waals surface area contributed by atoms with Crippen molar-refractivity contribution < 1.29 is 0 Å². The lowest BCUT2D eigenvalue weighted by molar-refractivity contribution is 1.11. The van der Waals surface area contributed by atoms with Gasteiger partial charge < -0.3 is 5.73 Å². The van der Waals surface area contributed by atoms with E-state index in [0.717, 1.165) is 0 Å². The highest BCUT2D eigenvalue weighted by Crippen LogP contribution is 2.30. The first kappa shape index (κ1) is 10.4. The Morgan fingerprint density at radius 1 is 1.18 bits per heavy atom. The van der Waals surface area contributed by atoms with Crippen molar-refractivity contribution in [1.29, 1.82) is 0 Å². The molecule has 0 saturated carbocycles. The van der Waals surface area contributed by atoms with Crippen LogP contribution in [0.4, 0.5) is 0 Å². The summed E-state index contributed by atoms with van der Waals surface area (Å²) in [6.07, 6.45) is 3.82. The number of nitrogens with two attached hydrogens (primary N) is 1. The Labute approximate surface area is 104 Å². The largest absolute Gasteiger partial charge is 0.326 e. The van der Waals surface area contributed by atoms with Crippen molar-refractivity contribution in [2.24, 2.45) is 5.73 Å². The van der Waals surface area contributed by atoms with Gasteiger partial charge in [0.15, 0.2) is 0 Å². The Balaban J connectivity index is 2.23. The van der Waals surface area contributed by atoms with Gasteiger partial charge in [0.1, 0.15) is 0 Å². The fourth-order valence-corrected chi connectivity index (χ4v) is 2.74. The topological polar surface area (TPSA) is 38.9 Å². The van der Waals surface area contributed by atoms with Gasteiger partial charge in [0.05, 0.1) is 0 Å². The van der Waals surface area contributed by atoms with Gasteiger partial charge in [-0.3, -0.25) is 4.98 Å². The van der Waals surface area contributed by atoms with Gasteiger partial charge in [-0.25, -0.2) is 0 Å². The Bertz CT molecular complexity index is 653. The fourth-order valence-electron chi connectivity index (χ4n) is 1.98. The number of rotatable bonds is 2. The zero-order chi connectivity index (χ0) is 11.7. The predicted molar refractivity (Wildman–Crippen MR) is 72.9 cm³/mol. The number of thiophene rings is 1. The van der Waals surface area contributed by atoms with Gasteiger partial charge in [-0.15, -0.1) is 11.3 Å².